The van der Waals surface area contributed by atoms with Crippen molar-refractivity contribution in [2.24, 2.45) is 0 Å². The van der Waals surface area contributed by atoms with E-state index in [4.69, 9.17) is 4.74 Å². The van der Waals surface area contributed by atoms with Crippen LogP contribution in [0.5, 0.6) is 0 Å². The first-order valence-corrected chi connectivity index (χ1v) is 6.23. The lowest BCUT2D eigenvalue weighted by atomic mass is 10.1. The predicted octanol–water partition coefficient (Wildman–Crippen LogP) is 0.937. The van der Waals surface area contributed by atoms with Crippen LogP contribution in [0.1, 0.15) is 36.5 Å². The van der Waals surface area contributed by atoms with Gasteiger partial charge in [-0.2, -0.15) is 0 Å². The Hall–Kier alpha value is -1.85. The Bertz CT molecular complexity index is 478. The maximum atomic E-state index is 11.8. The van der Waals surface area contributed by atoms with E-state index >= 15 is 0 Å². The second-order valence-corrected chi connectivity index (χ2v) is 4.22. The lowest BCUT2D eigenvalue weighted by Crippen LogP contribution is -2.33. The highest BCUT2D eigenvalue weighted by Gasteiger charge is 2.16. The summed E-state index contributed by atoms with van der Waals surface area (Å²) in [4.78, 5) is 32.0. The summed E-state index contributed by atoms with van der Waals surface area (Å²) in [7, 11) is 0. The Balaban J connectivity index is 2.19. The molecule has 0 aromatic carbocycles. The van der Waals surface area contributed by atoms with Crippen LogP contribution in [0, 0.1) is 0 Å². The molecular formula is C12H17N3O3. The molecule has 0 unspecified atom stereocenters. The molecule has 2 heterocycles. The minimum absolute atomic E-state index is 0.0439. The number of carbonyl (C=O) groups excluding carboxylic acids is 1. The predicted molar refractivity (Wildman–Crippen MR) is 66.9 cm³/mol. The van der Waals surface area contributed by atoms with Crippen molar-refractivity contribution in [1.82, 2.24) is 9.97 Å². The number of aromatic amines is 1. The van der Waals surface area contributed by atoms with E-state index in [1.165, 1.54) is 12.6 Å². The van der Waals surface area contributed by atoms with Crippen LogP contribution in [0.15, 0.2) is 11.0 Å². The highest BCUT2D eigenvalue weighted by atomic mass is 16.5. The lowest BCUT2D eigenvalue weighted by molar-refractivity contribution is 0.0523. The number of carbonyl (C=O) groups is 1. The van der Waals surface area contributed by atoms with E-state index < -0.39 is 11.5 Å². The molecule has 2 rings (SSSR count). The molecule has 98 valence electrons. The summed E-state index contributed by atoms with van der Waals surface area (Å²) >= 11 is 0. The van der Waals surface area contributed by atoms with E-state index in [9.17, 15) is 9.59 Å². The van der Waals surface area contributed by atoms with Crippen molar-refractivity contribution in [2.75, 3.05) is 24.6 Å². The highest BCUT2D eigenvalue weighted by molar-refractivity contribution is 5.88. The number of aromatic nitrogens is 2. The number of hydrogen-bond acceptors (Lipinski definition) is 5. The first-order chi connectivity index (χ1) is 8.72. The van der Waals surface area contributed by atoms with E-state index in [0.29, 0.717) is 5.95 Å². The fraction of sp³-hybridized carbons (Fsp3) is 0.583. The SMILES string of the molecule is CCOC(=O)c1cnc(N2CCCCC2)[nH]c1=O. The van der Waals surface area contributed by atoms with Gasteiger partial charge < -0.3 is 9.64 Å². The number of esters is 1. The molecule has 0 amide bonds. The largest absolute Gasteiger partial charge is 0.462 e. The van der Waals surface area contributed by atoms with Gasteiger partial charge in [0.15, 0.2) is 0 Å². The summed E-state index contributed by atoms with van der Waals surface area (Å²) in [5, 5.41) is 0. The number of rotatable bonds is 3. The van der Waals surface area contributed by atoms with Crippen LogP contribution in [0.3, 0.4) is 0 Å². The Morgan fingerprint density at radius 3 is 2.78 bits per heavy atom. The molecular weight excluding hydrogens is 234 g/mol. The third kappa shape index (κ3) is 2.69. The number of H-pyrrole nitrogens is 1. The molecule has 1 aromatic rings. The smallest absolute Gasteiger partial charge is 0.345 e. The van der Waals surface area contributed by atoms with E-state index in [0.717, 1.165) is 25.9 Å². The van der Waals surface area contributed by atoms with Gasteiger partial charge in [-0.3, -0.25) is 9.78 Å². The summed E-state index contributed by atoms with van der Waals surface area (Å²) in [5.41, 5.74) is -0.485. The molecule has 6 nitrogen and oxygen atoms in total. The van der Waals surface area contributed by atoms with E-state index in [-0.39, 0.29) is 12.2 Å². The molecule has 0 spiro atoms. The lowest BCUT2D eigenvalue weighted by Gasteiger charge is -2.26. The van der Waals surface area contributed by atoms with Gasteiger partial charge in [-0.1, -0.05) is 0 Å². The molecule has 0 saturated carbocycles. The Morgan fingerprint density at radius 2 is 2.17 bits per heavy atom. The number of hydrogen-bond donors (Lipinski definition) is 1. The van der Waals surface area contributed by atoms with Crippen LogP contribution in [0.2, 0.25) is 0 Å². The third-order valence-corrected chi connectivity index (χ3v) is 2.94. The van der Waals surface area contributed by atoms with Crippen LogP contribution >= 0.6 is 0 Å². The van der Waals surface area contributed by atoms with Gasteiger partial charge in [0.1, 0.15) is 5.56 Å². The number of piperidine rings is 1. The van der Waals surface area contributed by atoms with Crippen molar-refractivity contribution in [3.8, 4) is 0 Å². The second kappa shape index (κ2) is 5.66. The molecule has 1 saturated heterocycles. The summed E-state index contributed by atoms with van der Waals surface area (Å²) in [6.45, 7) is 3.72. The maximum Gasteiger partial charge on any atom is 0.345 e. The minimum Gasteiger partial charge on any atom is -0.462 e. The van der Waals surface area contributed by atoms with Gasteiger partial charge in [0.05, 0.1) is 12.8 Å². The van der Waals surface area contributed by atoms with Gasteiger partial charge >= 0.3 is 5.97 Å². The monoisotopic (exact) mass is 251 g/mol. The standard InChI is InChI=1S/C12H17N3O3/c1-2-18-11(17)9-8-13-12(14-10(9)16)15-6-4-3-5-7-15/h8H,2-7H2,1H3,(H,13,14,16). The van der Waals surface area contributed by atoms with Gasteiger partial charge in [0.2, 0.25) is 5.95 Å². The number of anilines is 1. The first kappa shape index (κ1) is 12.6. The molecule has 1 aliphatic rings. The van der Waals surface area contributed by atoms with Gasteiger partial charge in [0, 0.05) is 13.1 Å². The topological polar surface area (TPSA) is 75.3 Å². The number of ether oxygens (including phenoxy) is 1. The van der Waals surface area contributed by atoms with E-state index in [1.807, 2.05) is 4.90 Å². The summed E-state index contributed by atoms with van der Waals surface area (Å²) in [6.07, 6.45) is 4.70. The van der Waals surface area contributed by atoms with Crippen molar-refractivity contribution < 1.29 is 9.53 Å². The summed E-state index contributed by atoms with van der Waals surface area (Å²) in [6, 6.07) is 0. The zero-order chi connectivity index (χ0) is 13.0. The average molecular weight is 251 g/mol. The molecule has 1 N–H and O–H groups in total. The Morgan fingerprint density at radius 1 is 1.44 bits per heavy atom. The fourth-order valence-corrected chi connectivity index (χ4v) is 2.01. The van der Waals surface area contributed by atoms with Crippen LogP contribution in [-0.4, -0.2) is 35.6 Å². The minimum atomic E-state index is -0.628. The van der Waals surface area contributed by atoms with Crippen LogP contribution in [0.4, 0.5) is 5.95 Å². The molecule has 0 aliphatic carbocycles. The van der Waals surface area contributed by atoms with Gasteiger partial charge in [0.25, 0.3) is 5.56 Å². The van der Waals surface area contributed by atoms with Crippen LogP contribution < -0.4 is 10.5 Å². The first-order valence-electron chi connectivity index (χ1n) is 6.23. The molecule has 18 heavy (non-hydrogen) atoms. The average Bonchev–Trinajstić information content (AvgIpc) is 2.40. The molecule has 0 atom stereocenters. The maximum absolute atomic E-state index is 11.8. The third-order valence-electron chi connectivity index (χ3n) is 2.94. The number of nitrogens with one attached hydrogen (secondary N) is 1. The van der Waals surface area contributed by atoms with Crippen LogP contribution in [0.25, 0.3) is 0 Å². The number of nitrogens with zero attached hydrogens (tertiary/aromatic N) is 2. The normalized spacial score (nSPS) is 15.5. The Kier molecular flexibility index (Phi) is 3.96. The quantitative estimate of drug-likeness (QED) is 0.809. The zero-order valence-corrected chi connectivity index (χ0v) is 10.4. The van der Waals surface area contributed by atoms with Crippen molar-refractivity contribution in [3.05, 3.63) is 22.1 Å². The van der Waals surface area contributed by atoms with Crippen molar-refractivity contribution in [1.29, 1.82) is 0 Å². The molecule has 0 radical (unpaired) electrons. The molecule has 1 aliphatic heterocycles. The molecule has 0 bridgehead atoms. The van der Waals surface area contributed by atoms with Crippen molar-refractivity contribution in [3.63, 3.8) is 0 Å². The van der Waals surface area contributed by atoms with Gasteiger partial charge in [-0.25, -0.2) is 9.78 Å². The molecule has 1 aromatic heterocycles. The molecule has 1 fully saturated rings. The van der Waals surface area contributed by atoms with E-state index in [1.54, 1.807) is 6.92 Å². The molecule has 6 heteroatoms. The summed E-state index contributed by atoms with van der Waals surface area (Å²) < 4.78 is 4.78. The van der Waals surface area contributed by atoms with Gasteiger partial charge in [-0.15, -0.1) is 0 Å². The van der Waals surface area contributed by atoms with Crippen molar-refractivity contribution >= 4 is 11.9 Å². The van der Waals surface area contributed by atoms with Crippen molar-refractivity contribution in [2.45, 2.75) is 26.2 Å². The highest BCUT2D eigenvalue weighted by Crippen LogP contribution is 2.13. The zero-order valence-electron chi connectivity index (χ0n) is 10.4. The fourth-order valence-electron chi connectivity index (χ4n) is 2.01. The second-order valence-electron chi connectivity index (χ2n) is 4.22. The Labute approximate surface area is 105 Å². The van der Waals surface area contributed by atoms with Crippen LogP contribution in [-0.2, 0) is 4.74 Å². The summed E-state index contributed by atoms with van der Waals surface area (Å²) in [5.74, 6) is -0.0933. The van der Waals surface area contributed by atoms with Gasteiger partial charge in [-0.05, 0) is 26.2 Å². The van der Waals surface area contributed by atoms with E-state index in [2.05, 4.69) is 9.97 Å².